The van der Waals surface area contributed by atoms with Crippen molar-refractivity contribution in [2.24, 2.45) is 0 Å². The van der Waals surface area contributed by atoms with Gasteiger partial charge in [-0.05, 0) is 50.2 Å². The van der Waals surface area contributed by atoms with E-state index in [0.717, 1.165) is 6.07 Å². The van der Waals surface area contributed by atoms with Crippen molar-refractivity contribution >= 4 is 38.2 Å². The molecule has 1 amide bonds. The second kappa shape index (κ2) is 8.57. The number of hydrogen-bond donors (Lipinski definition) is 0. The van der Waals surface area contributed by atoms with Crippen LogP contribution in [0.2, 0.25) is 5.02 Å². The van der Waals surface area contributed by atoms with Gasteiger partial charge in [0.15, 0.2) is 0 Å². The lowest BCUT2D eigenvalue weighted by Gasteiger charge is -2.21. The summed E-state index contributed by atoms with van der Waals surface area (Å²) in [4.78, 5) is 18.3. The highest BCUT2D eigenvalue weighted by Gasteiger charge is 2.30. The molecule has 0 saturated carbocycles. The van der Waals surface area contributed by atoms with Crippen molar-refractivity contribution in [3.05, 3.63) is 59.0 Å². The molecule has 6 nitrogen and oxygen atoms in total. The van der Waals surface area contributed by atoms with Crippen LogP contribution in [0.5, 0.6) is 5.75 Å². The van der Waals surface area contributed by atoms with Crippen molar-refractivity contribution in [2.75, 3.05) is 20.2 Å². The van der Waals surface area contributed by atoms with E-state index in [-0.39, 0.29) is 31.3 Å². The number of fused-ring (bicyclic) bond motifs is 1. The van der Waals surface area contributed by atoms with Gasteiger partial charge in [0.2, 0.25) is 9.84 Å². The lowest BCUT2D eigenvalue weighted by atomic mass is 10.1. The SMILES string of the molecule is CCN(CC)C(=O)c1cnc2ccc(F)cc2c1S(=O)(=O)c1ccc(OC)c(Cl)c1. The van der Waals surface area contributed by atoms with Gasteiger partial charge in [-0.3, -0.25) is 9.78 Å². The minimum atomic E-state index is -4.25. The maximum absolute atomic E-state index is 14.0. The molecule has 0 spiro atoms. The van der Waals surface area contributed by atoms with Gasteiger partial charge >= 0.3 is 0 Å². The molecule has 30 heavy (non-hydrogen) atoms. The van der Waals surface area contributed by atoms with Gasteiger partial charge in [-0.25, -0.2) is 12.8 Å². The molecule has 3 rings (SSSR count). The topological polar surface area (TPSA) is 76.6 Å². The predicted octanol–water partition coefficient (Wildman–Crippen LogP) is 4.35. The maximum atomic E-state index is 14.0. The van der Waals surface area contributed by atoms with Crippen molar-refractivity contribution in [2.45, 2.75) is 23.6 Å². The van der Waals surface area contributed by atoms with Crippen LogP contribution in [-0.2, 0) is 9.84 Å². The van der Waals surface area contributed by atoms with Crippen LogP contribution in [0.1, 0.15) is 24.2 Å². The van der Waals surface area contributed by atoms with E-state index in [4.69, 9.17) is 16.3 Å². The van der Waals surface area contributed by atoms with Crippen LogP contribution in [0.3, 0.4) is 0 Å². The second-order valence-corrected chi connectivity index (χ2v) is 8.73. The van der Waals surface area contributed by atoms with Gasteiger partial charge in [-0.1, -0.05) is 11.6 Å². The third-order valence-corrected chi connectivity index (χ3v) is 6.91. The van der Waals surface area contributed by atoms with E-state index in [9.17, 15) is 17.6 Å². The number of rotatable bonds is 6. The summed E-state index contributed by atoms with van der Waals surface area (Å²) in [5, 5.41) is 0.125. The minimum Gasteiger partial charge on any atom is -0.495 e. The van der Waals surface area contributed by atoms with Gasteiger partial charge in [0.05, 0.1) is 33.0 Å². The first kappa shape index (κ1) is 22.0. The van der Waals surface area contributed by atoms with Gasteiger partial charge in [0.1, 0.15) is 11.6 Å². The summed E-state index contributed by atoms with van der Waals surface area (Å²) in [6.07, 6.45) is 1.22. The van der Waals surface area contributed by atoms with Crippen LogP contribution in [0.4, 0.5) is 4.39 Å². The number of carbonyl (C=O) groups excluding carboxylic acids is 1. The van der Waals surface area contributed by atoms with E-state index in [1.807, 2.05) is 0 Å². The van der Waals surface area contributed by atoms with Crippen LogP contribution in [0.15, 0.2) is 52.4 Å². The molecule has 0 fully saturated rings. The summed E-state index contributed by atoms with van der Waals surface area (Å²) >= 11 is 6.13. The van der Waals surface area contributed by atoms with E-state index >= 15 is 0 Å². The van der Waals surface area contributed by atoms with Crippen molar-refractivity contribution in [1.82, 2.24) is 9.88 Å². The molecule has 0 unspecified atom stereocenters. The number of amides is 1. The highest BCUT2D eigenvalue weighted by Crippen LogP contribution is 2.35. The lowest BCUT2D eigenvalue weighted by molar-refractivity contribution is 0.0769. The quantitative estimate of drug-likeness (QED) is 0.558. The van der Waals surface area contributed by atoms with Crippen molar-refractivity contribution in [3.63, 3.8) is 0 Å². The minimum absolute atomic E-state index is 0.0277. The van der Waals surface area contributed by atoms with Gasteiger partial charge in [0, 0.05) is 24.7 Å². The first-order chi connectivity index (χ1) is 14.2. The Kier molecular flexibility index (Phi) is 6.28. The van der Waals surface area contributed by atoms with Gasteiger partial charge in [0.25, 0.3) is 5.91 Å². The highest BCUT2D eigenvalue weighted by atomic mass is 35.5. The molecule has 0 aliphatic heterocycles. The Hall–Kier alpha value is -2.71. The third-order valence-electron chi connectivity index (χ3n) is 4.76. The smallest absolute Gasteiger partial charge is 0.256 e. The number of nitrogens with zero attached hydrogens (tertiary/aromatic N) is 2. The third kappa shape index (κ3) is 3.85. The Labute approximate surface area is 179 Å². The molecule has 1 heterocycles. The van der Waals surface area contributed by atoms with Crippen LogP contribution in [0.25, 0.3) is 10.9 Å². The molecule has 0 radical (unpaired) electrons. The van der Waals surface area contributed by atoms with Gasteiger partial charge < -0.3 is 9.64 Å². The van der Waals surface area contributed by atoms with E-state index in [2.05, 4.69) is 4.98 Å². The molecule has 2 aromatic carbocycles. The molecule has 0 aliphatic carbocycles. The average molecular weight is 451 g/mol. The standard InChI is InChI=1S/C21H20ClFN2O4S/c1-4-25(5-2)21(26)16-12-24-18-8-6-13(23)10-15(18)20(16)30(27,28)14-7-9-19(29-3)17(22)11-14/h6-12H,4-5H2,1-3H3. The molecule has 0 saturated heterocycles. The number of methoxy groups -OCH3 is 1. The highest BCUT2D eigenvalue weighted by molar-refractivity contribution is 7.91. The molecular weight excluding hydrogens is 431 g/mol. The fourth-order valence-corrected chi connectivity index (χ4v) is 5.16. The van der Waals surface area contributed by atoms with Gasteiger partial charge in [-0.2, -0.15) is 0 Å². The van der Waals surface area contributed by atoms with Crippen LogP contribution >= 0.6 is 11.6 Å². The molecule has 0 atom stereocenters. The van der Waals surface area contributed by atoms with Crippen molar-refractivity contribution in [1.29, 1.82) is 0 Å². The monoisotopic (exact) mass is 450 g/mol. The summed E-state index contributed by atoms with van der Waals surface area (Å²) in [6.45, 7) is 4.33. The summed E-state index contributed by atoms with van der Waals surface area (Å²) < 4.78 is 46.3. The van der Waals surface area contributed by atoms with Gasteiger partial charge in [-0.15, -0.1) is 0 Å². The molecule has 0 bridgehead atoms. The summed E-state index contributed by atoms with van der Waals surface area (Å²) in [5.41, 5.74) is 0.134. The molecular formula is C21H20ClFN2O4S. The fraction of sp³-hybridized carbons (Fsp3) is 0.238. The first-order valence-corrected chi connectivity index (χ1v) is 11.1. The molecule has 158 valence electrons. The summed E-state index contributed by atoms with van der Waals surface area (Å²) in [5.74, 6) is -0.835. The molecule has 9 heteroatoms. The van der Waals surface area contributed by atoms with E-state index in [1.165, 1.54) is 48.5 Å². The number of hydrogen-bond acceptors (Lipinski definition) is 5. The number of pyridine rings is 1. The number of aromatic nitrogens is 1. The fourth-order valence-electron chi connectivity index (χ4n) is 3.20. The molecule has 3 aromatic rings. The zero-order chi connectivity index (χ0) is 22.1. The number of benzene rings is 2. The number of halogens is 2. The van der Waals surface area contributed by atoms with E-state index in [1.54, 1.807) is 13.8 Å². The predicted molar refractivity (Wildman–Crippen MR) is 112 cm³/mol. The van der Waals surface area contributed by atoms with Crippen LogP contribution in [0, 0.1) is 5.82 Å². The molecule has 1 aromatic heterocycles. The van der Waals surface area contributed by atoms with E-state index in [0.29, 0.717) is 18.8 Å². The second-order valence-electron chi connectivity index (χ2n) is 6.44. The van der Waals surface area contributed by atoms with Crippen molar-refractivity contribution in [3.8, 4) is 5.75 Å². The summed E-state index contributed by atoms with van der Waals surface area (Å²) in [6, 6.07) is 7.62. The maximum Gasteiger partial charge on any atom is 0.256 e. The first-order valence-electron chi connectivity index (χ1n) is 9.20. The Bertz CT molecular complexity index is 1230. The molecule has 0 aliphatic rings. The zero-order valence-corrected chi connectivity index (χ0v) is 18.2. The zero-order valence-electron chi connectivity index (χ0n) is 16.6. The Morgan fingerprint density at radius 3 is 2.47 bits per heavy atom. The summed E-state index contributed by atoms with van der Waals surface area (Å²) in [7, 11) is -2.84. The normalized spacial score (nSPS) is 11.5. The lowest BCUT2D eigenvalue weighted by Crippen LogP contribution is -2.31. The van der Waals surface area contributed by atoms with E-state index < -0.39 is 21.6 Å². The van der Waals surface area contributed by atoms with Crippen LogP contribution in [-0.4, -0.2) is 44.4 Å². The number of carbonyl (C=O) groups is 1. The molecule has 0 N–H and O–H groups in total. The number of ether oxygens (including phenoxy) is 1. The van der Waals surface area contributed by atoms with Crippen LogP contribution < -0.4 is 4.74 Å². The van der Waals surface area contributed by atoms with Crippen molar-refractivity contribution < 1.29 is 22.3 Å². The Morgan fingerprint density at radius 2 is 1.87 bits per heavy atom. The number of sulfone groups is 1. The largest absolute Gasteiger partial charge is 0.495 e. The Morgan fingerprint density at radius 1 is 1.17 bits per heavy atom. The average Bonchev–Trinajstić information content (AvgIpc) is 2.73. The Balaban J connectivity index is 2.36.